The van der Waals surface area contributed by atoms with Crippen molar-refractivity contribution in [2.24, 2.45) is 0 Å². The molecule has 5 heteroatoms. The Labute approximate surface area is 122 Å². The Balaban J connectivity index is 2.04. The summed E-state index contributed by atoms with van der Waals surface area (Å²) in [5, 5.41) is 3.50. The molecule has 0 amide bonds. The van der Waals surface area contributed by atoms with Crippen molar-refractivity contribution in [3.8, 4) is 0 Å². The molecule has 112 valence electrons. The fourth-order valence-electron chi connectivity index (χ4n) is 2.48. The second-order valence-electron chi connectivity index (χ2n) is 5.73. The maximum Gasteiger partial charge on any atom is 0.178 e. The number of hydrogen-bond donors (Lipinski definition) is 1. The van der Waals surface area contributed by atoms with Gasteiger partial charge in [0.2, 0.25) is 0 Å². The molecule has 0 aliphatic carbocycles. The smallest absolute Gasteiger partial charge is 0.178 e. The summed E-state index contributed by atoms with van der Waals surface area (Å²) in [7, 11) is -0.977. The van der Waals surface area contributed by atoms with Gasteiger partial charge in [-0.15, -0.1) is 0 Å². The van der Waals surface area contributed by atoms with E-state index in [1.54, 1.807) is 12.1 Å². The molecule has 0 spiro atoms. The van der Waals surface area contributed by atoms with Crippen molar-refractivity contribution < 1.29 is 8.42 Å². The van der Waals surface area contributed by atoms with E-state index in [4.69, 9.17) is 0 Å². The van der Waals surface area contributed by atoms with Crippen LogP contribution in [0.3, 0.4) is 0 Å². The Kier molecular flexibility index (Phi) is 4.83. The van der Waals surface area contributed by atoms with Gasteiger partial charge in [0.1, 0.15) is 0 Å². The normalized spacial score (nSPS) is 21.1. The number of hydrogen-bond acceptors (Lipinski definition) is 4. The van der Waals surface area contributed by atoms with Crippen LogP contribution in [-0.2, 0) is 9.84 Å². The second-order valence-corrected chi connectivity index (χ2v) is 7.80. The van der Waals surface area contributed by atoms with Gasteiger partial charge in [-0.05, 0) is 38.9 Å². The number of rotatable bonds is 5. The third kappa shape index (κ3) is 3.40. The molecule has 0 saturated carbocycles. The van der Waals surface area contributed by atoms with Crippen molar-refractivity contribution in [3.63, 3.8) is 0 Å². The van der Waals surface area contributed by atoms with Crippen molar-refractivity contribution in [1.82, 2.24) is 10.2 Å². The van der Waals surface area contributed by atoms with Crippen LogP contribution < -0.4 is 5.32 Å². The van der Waals surface area contributed by atoms with Crippen LogP contribution in [-0.4, -0.2) is 45.2 Å². The van der Waals surface area contributed by atoms with Gasteiger partial charge >= 0.3 is 0 Å². The zero-order chi connectivity index (χ0) is 14.8. The lowest BCUT2D eigenvalue weighted by Gasteiger charge is -2.28. The van der Waals surface area contributed by atoms with Gasteiger partial charge in [-0.3, -0.25) is 0 Å². The summed E-state index contributed by atoms with van der Waals surface area (Å²) in [5.41, 5.74) is 0.922. The highest BCUT2D eigenvalue weighted by Gasteiger charge is 2.29. The zero-order valence-corrected chi connectivity index (χ0v) is 13.3. The Bertz CT molecular complexity index is 555. The van der Waals surface area contributed by atoms with Gasteiger partial charge in [0, 0.05) is 25.2 Å². The van der Waals surface area contributed by atoms with Gasteiger partial charge in [-0.1, -0.05) is 18.2 Å². The van der Waals surface area contributed by atoms with Gasteiger partial charge in [-0.25, -0.2) is 8.42 Å². The summed E-state index contributed by atoms with van der Waals surface area (Å²) in [6.07, 6.45) is 0.657. The van der Waals surface area contributed by atoms with E-state index in [0.717, 1.165) is 18.7 Å². The van der Waals surface area contributed by atoms with E-state index in [0.29, 0.717) is 17.4 Å². The molecular weight excluding hydrogens is 272 g/mol. The van der Waals surface area contributed by atoms with E-state index in [-0.39, 0.29) is 11.8 Å². The Morgan fingerprint density at radius 2 is 2.05 bits per heavy atom. The molecule has 1 aliphatic heterocycles. The molecule has 0 saturated heterocycles. The standard InChI is InChI=1S/C15H24N2O2S/c1-12(2)17(3)10-9-16-14-8-11-20(18,19)15-7-5-4-6-13(14)15/h4-7,12,14,16H,8-11H2,1-3H3. The first kappa shape index (κ1) is 15.5. The molecule has 1 aromatic carbocycles. The molecule has 1 N–H and O–H groups in total. The highest BCUT2D eigenvalue weighted by molar-refractivity contribution is 7.91. The molecule has 1 aliphatic rings. The predicted molar refractivity (Wildman–Crippen MR) is 81.6 cm³/mol. The summed E-state index contributed by atoms with van der Waals surface area (Å²) in [6, 6.07) is 8.03. The largest absolute Gasteiger partial charge is 0.309 e. The van der Waals surface area contributed by atoms with Gasteiger partial charge < -0.3 is 10.2 Å². The number of nitrogens with one attached hydrogen (secondary N) is 1. The van der Waals surface area contributed by atoms with Gasteiger partial charge in [-0.2, -0.15) is 0 Å². The summed E-state index contributed by atoms with van der Waals surface area (Å²) < 4.78 is 24.1. The maximum atomic E-state index is 12.1. The Hall–Kier alpha value is -0.910. The van der Waals surface area contributed by atoms with Gasteiger partial charge in [0.15, 0.2) is 9.84 Å². The summed E-state index contributed by atoms with van der Waals surface area (Å²) in [6.45, 7) is 6.17. The molecule has 1 aromatic rings. The molecule has 0 radical (unpaired) electrons. The van der Waals surface area contributed by atoms with Crippen LogP contribution in [0.15, 0.2) is 29.2 Å². The first-order valence-corrected chi connectivity index (χ1v) is 8.82. The second kappa shape index (κ2) is 6.24. The zero-order valence-electron chi connectivity index (χ0n) is 12.5. The number of benzene rings is 1. The van der Waals surface area contributed by atoms with Crippen LogP contribution in [0.4, 0.5) is 0 Å². The molecule has 1 atom stereocenters. The van der Waals surface area contributed by atoms with Crippen molar-refractivity contribution in [1.29, 1.82) is 0 Å². The van der Waals surface area contributed by atoms with Crippen LogP contribution >= 0.6 is 0 Å². The van der Waals surface area contributed by atoms with Gasteiger partial charge in [0.05, 0.1) is 10.6 Å². The molecule has 1 heterocycles. The van der Waals surface area contributed by atoms with E-state index < -0.39 is 9.84 Å². The predicted octanol–water partition coefficient (Wildman–Crippen LogP) is 1.83. The summed E-state index contributed by atoms with van der Waals surface area (Å²) in [4.78, 5) is 2.78. The molecule has 0 aromatic heterocycles. The topological polar surface area (TPSA) is 49.4 Å². The summed E-state index contributed by atoms with van der Waals surface area (Å²) in [5.74, 6) is 0.238. The molecule has 1 unspecified atom stereocenters. The molecule has 20 heavy (non-hydrogen) atoms. The third-order valence-electron chi connectivity index (χ3n) is 4.04. The minimum absolute atomic E-state index is 0.148. The Morgan fingerprint density at radius 3 is 2.75 bits per heavy atom. The SMILES string of the molecule is CC(C)N(C)CCNC1CCS(=O)(=O)c2ccccc21. The Morgan fingerprint density at radius 1 is 1.35 bits per heavy atom. The van der Waals surface area contributed by atoms with Crippen molar-refractivity contribution in [2.75, 3.05) is 25.9 Å². The van der Waals surface area contributed by atoms with Crippen molar-refractivity contribution in [2.45, 2.75) is 37.2 Å². The first-order valence-electron chi connectivity index (χ1n) is 7.17. The van der Waals surface area contributed by atoms with Crippen molar-refractivity contribution >= 4 is 9.84 Å². The third-order valence-corrected chi connectivity index (χ3v) is 5.86. The maximum absolute atomic E-state index is 12.1. The number of nitrogens with zero attached hydrogens (tertiary/aromatic N) is 1. The van der Waals surface area contributed by atoms with E-state index in [1.807, 2.05) is 12.1 Å². The van der Waals surface area contributed by atoms with Crippen LogP contribution in [0.2, 0.25) is 0 Å². The van der Waals surface area contributed by atoms with E-state index >= 15 is 0 Å². The fourth-order valence-corrected chi connectivity index (χ4v) is 4.10. The lowest BCUT2D eigenvalue weighted by Crippen LogP contribution is -2.37. The van der Waals surface area contributed by atoms with E-state index in [1.165, 1.54) is 0 Å². The quantitative estimate of drug-likeness (QED) is 0.901. The van der Waals surface area contributed by atoms with E-state index in [2.05, 4.69) is 31.1 Å². The monoisotopic (exact) mass is 296 g/mol. The lowest BCUT2D eigenvalue weighted by molar-refractivity contribution is 0.268. The van der Waals surface area contributed by atoms with Gasteiger partial charge in [0.25, 0.3) is 0 Å². The van der Waals surface area contributed by atoms with E-state index in [9.17, 15) is 8.42 Å². The lowest BCUT2D eigenvalue weighted by atomic mass is 10.0. The van der Waals surface area contributed by atoms with Crippen LogP contribution in [0, 0.1) is 0 Å². The highest BCUT2D eigenvalue weighted by atomic mass is 32.2. The molecule has 4 nitrogen and oxygen atoms in total. The highest BCUT2D eigenvalue weighted by Crippen LogP contribution is 2.31. The van der Waals surface area contributed by atoms with Crippen LogP contribution in [0.1, 0.15) is 31.9 Å². The first-order chi connectivity index (χ1) is 9.42. The average molecular weight is 296 g/mol. The number of sulfone groups is 1. The molecule has 2 rings (SSSR count). The van der Waals surface area contributed by atoms with Crippen LogP contribution in [0.25, 0.3) is 0 Å². The van der Waals surface area contributed by atoms with Crippen molar-refractivity contribution in [3.05, 3.63) is 29.8 Å². The number of fused-ring (bicyclic) bond motifs is 1. The fraction of sp³-hybridized carbons (Fsp3) is 0.600. The summed E-state index contributed by atoms with van der Waals surface area (Å²) >= 11 is 0. The molecule has 0 fully saturated rings. The molecular formula is C15H24N2O2S. The minimum Gasteiger partial charge on any atom is -0.309 e. The molecule has 0 bridgehead atoms. The average Bonchev–Trinajstić information content (AvgIpc) is 2.41. The number of likely N-dealkylation sites (N-methyl/N-ethyl adjacent to an activating group) is 1. The minimum atomic E-state index is -3.08. The van der Waals surface area contributed by atoms with Crippen LogP contribution in [0.5, 0.6) is 0 Å².